The van der Waals surface area contributed by atoms with Crippen LogP contribution in [0, 0.1) is 11.8 Å². The van der Waals surface area contributed by atoms with E-state index in [4.69, 9.17) is 28.4 Å². The van der Waals surface area contributed by atoms with Gasteiger partial charge in [0.15, 0.2) is 23.0 Å². The number of benzene rings is 2. The summed E-state index contributed by atoms with van der Waals surface area (Å²) in [6.07, 6.45) is 1.88. The van der Waals surface area contributed by atoms with Gasteiger partial charge in [0, 0.05) is 17.9 Å². The molecule has 2 saturated heterocycles. The van der Waals surface area contributed by atoms with Crippen LogP contribution in [0.3, 0.4) is 0 Å². The predicted octanol–water partition coefficient (Wildman–Crippen LogP) is 2.88. The fourth-order valence-electron chi connectivity index (χ4n) is 5.94. The van der Waals surface area contributed by atoms with E-state index in [2.05, 4.69) is 5.32 Å². The van der Waals surface area contributed by atoms with Crippen LogP contribution >= 0.6 is 0 Å². The molecule has 5 atom stereocenters. The Labute approximate surface area is 203 Å². The van der Waals surface area contributed by atoms with Crippen molar-refractivity contribution in [2.75, 3.05) is 40.8 Å². The molecular formula is C26H29NO8. The minimum atomic E-state index is -0.469. The van der Waals surface area contributed by atoms with Gasteiger partial charge in [-0.05, 0) is 60.3 Å². The third-order valence-corrected chi connectivity index (χ3v) is 7.62. The molecular weight excluding hydrogens is 454 g/mol. The number of hydrogen-bond donors (Lipinski definition) is 2. The summed E-state index contributed by atoms with van der Waals surface area (Å²) in [6, 6.07) is 7.73. The lowest BCUT2D eigenvalue weighted by Gasteiger charge is -2.39. The van der Waals surface area contributed by atoms with Crippen molar-refractivity contribution in [1.82, 2.24) is 5.32 Å². The molecule has 2 aromatic carbocycles. The molecule has 4 aliphatic rings. The maximum Gasteiger partial charge on any atom is 0.310 e. The number of esters is 1. The van der Waals surface area contributed by atoms with Gasteiger partial charge in [-0.3, -0.25) is 4.79 Å². The fourth-order valence-corrected chi connectivity index (χ4v) is 5.94. The van der Waals surface area contributed by atoms with Crippen molar-refractivity contribution in [3.05, 3.63) is 41.0 Å². The number of hydrogen-bond acceptors (Lipinski definition) is 9. The highest BCUT2D eigenvalue weighted by molar-refractivity contribution is 5.79. The van der Waals surface area contributed by atoms with Crippen molar-refractivity contribution in [2.24, 2.45) is 11.8 Å². The van der Waals surface area contributed by atoms with Crippen molar-refractivity contribution in [3.63, 3.8) is 0 Å². The molecule has 2 aromatic rings. The first-order valence-electron chi connectivity index (χ1n) is 12.0. The largest absolute Gasteiger partial charge is 0.502 e. The summed E-state index contributed by atoms with van der Waals surface area (Å²) in [6.45, 7) is 1.98. The summed E-state index contributed by atoms with van der Waals surface area (Å²) >= 11 is 0. The minimum Gasteiger partial charge on any atom is -0.502 e. The molecule has 35 heavy (non-hydrogen) atoms. The number of carbonyl (C=O) groups is 1. The molecule has 0 radical (unpaired) electrons. The van der Waals surface area contributed by atoms with Gasteiger partial charge in [-0.15, -0.1) is 0 Å². The molecule has 3 heterocycles. The van der Waals surface area contributed by atoms with E-state index in [0.717, 1.165) is 36.1 Å². The highest BCUT2D eigenvalue weighted by atomic mass is 16.7. The van der Waals surface area contributed by atoms with Gasteiger partial charge in [0.25, 0.3) is 0 Å². The molecule has 2 fully saturated rings. The molecule has 0 bridgehead atoms. The Morgan fingerprint density at radius 1 is 1.03 bits per heavy atom. The Kier molecular flexibility index (Phi) is 5.61. The summed E-state index contributed by atoms with van der Waals surface area (Å²) < 4.78 is 34.4. The number of cyclic esters (lactones) is 1. The highest BCUT2D eigenvalue weighted by Gasteiger charge is 2.53. The Hall–Kier alpha value is -3.17. The lowest BCUT2D eigenvalue weighted by atomic mass is 9.66. The van der Waals surface area contributed by atoms with Gasteiger partial charge in [0.2, 0.25) is 12.5 Å². The van der Waals surface area contributed by atoms with Crippen LogP contribution in [0.15, 0.2) is 24.3 Å². The Morgan fingerprint density at radius 2 is 1.74 bits per heavy atom. The average molecular weight is 484 g/mol. The molecule has 3 aliphatic heterocycles. The van der Waals surface area contributed by atoms with Crippen LogP contribution in [0.5, 0.6) is 28.7 Å². The highest BCUT2D eigenvalue weighted by Crippen LogP contribution is 2.56. The van der Waals surface area contributed by atoms with E-state index in [9.17, 15) is 9.90 Å². The molecule has 0 spiro atoms. The molecule has 9 nitrogen and oxygen atoms in total. The van der Waals surface area contributed by atoms with Crippen LogP contribution in [-0.2, 0) is 14.3 Å². The summed E-state index contributed by atoms with van der Waals surface area (Å²) in [5, 5.41) is 14.0. The molecule has 0 amide bonds. The van der Waals surface area contributed by atoms with Gasteiger partial charge in [-0.25, -0.2) is 0 Å². The Morgan fingerprint density at radius 3 is 2.40 bits per heavy atom. The molecule has 2 N–H and O–H groups in total. The monoisotopic (exact) mass is 483 g/mol. The van der Waals surface area contributed by atoms with Gasteiger partial charge < -0.3 is 38.8 Å². The van der Waals surface area contributed by atoms with Crippen LogP contribution in [0.25, 0.3) is 0 Å². The van der Waals surface area contributed by atoms with Gasteiger partial charge >= 0.3 is 5.97 Å². The van der Waals surface area contributed by atoms with Crippen LogP contribution in [0.1, 0.15) is 41.6 Å². The second-order valence-corrected chi connectivity index (χ2v) is 9.45. The topological polar surface area (TPSA) is 105 Å². The van der Waals surface area contributed by atoms with Gasteiger partial charge in [0.05, 0.1) is 39.5 Å². The molecule has 9 heteroatoms. The van der Waals surface area contributed by atoms with E-state index in [1.165, 1.54) is 14.2 Å². The molecule has 0 saturated carbocycles. The van der Waals surface area contributed by atoms with Crippen molar-refractivity contribution < 1.29 is 38.3 Å². The maximum atomic E-state index is 13.2. The van der Waals surface area contributed by atoms with Crippen molar-refractivity contribution in [1.29, 1.82) is 0 Å². The normalized spacial score (nSPS) is 28.4. The third kappa shape index (κ3) is 3.65. The van der Waals surface area contributed by atoms with Crippen LogP contribution < -0.4 is 24.3 Å². The van der Waals surface area contributed by atoms with E-state index in [1.807, 2.05) is 12.1 Å². The summed E-state index contributed by atoms with van der Waals surface area (Å²) in [5.74, 6) is 0.485. The SMILES string of the molecule is COc1cc([C@@H]2c3cc4c(cc3[C@@H](OC[C@H]3CCCN3)C3COC(=O)[C@@H]32)OCO4)cc(OC)c1O. The standard InChI is InChI=1S/C26H29NO8/c1-30-20-6-13(7-21(31-2)24(20)28)22-15-8-18-19(35-12-34-18)9-16(15)25(17-11-33-26(29)23(17)22)32-10-14-4-3-5-27-14/h6-9,14,17,22-23,25,27-28H,3-5,10-12H2,1-2H3/t14-,17?,22-,23+,25-/m1/s1. The first-order valence-corrected chi connectivity index (χ1v) is 12.0. The summed E-state index contributed by atoms with van der Waals surface area (Å²) in [5.41, 5.74) is 2.65. The van der Waals surface area contributed by atoms with E-state index in [0.29, 0.717) is 24.1 Å². The maximum absolute atomic E-state index is 13.2. The van der Waals surface area contributed by atoms with Crippen molar-refractivity contribution in [2.45, 2.75) is 30.9 Å². The Balaban J connectivity index is 1.49. The van der Waals surface area contributed by atoms with Crippen LogP contribution in [0.4, 0.5) is 0 Å². The lowest BCUT2D eigenvalue weighted by Crippen LogP contribution is -2.37. The predicted molar refractivity (Wildman–Crippen MR) is 123 cm³/mol. The number of nitrogens with one attached hydrogen (secondary N) is 1. The van der Waals surface area contributed by atoms with Gasteiger partial charge in [-0.1, -0.05) is 0 Å². The summed E-state index contributed by atoms with van der Waals surface area (Å²) in [4.78, 5) is 13.2. The minimum absolute atomic E-state index is 0.0868. The summed E-state index contributed by atoms with van der Waals surface area (Å²) in [7, 11) is 2.97. The van der Waals surface area contributed by atoms with Crippen LogP contribution in [0.2, 0.25) is 0 Å². The number of methoxy groups -OCH3 is 2. The fraction of sp³-hybridized carbons (Fsp3) is 0.500. The van der Waals surface area contributed by atoms with Crippen LogP contribution in [-0.4, -0.2) is 57.9 Å². The average Bonchev–Trinajstić information content (AvgIpc) is 3.63. The van der Waals surface area contributed by atoms with Crippen molar-refractivity contribution in [3.8, 4) is 28.7 Å². The van der Waals surface area contributed by atoms with E-state index in [-0.39, 0.29) is 54.6 Å². The number of carbonyl (C=O) groups excluding carboxylic acids is 1. The number of rotatable bonds is 6. The molecule has 1 unspecified atom stereocenters. The molecule has 6 rings (SSSR count). The quantitative estimate of drug-likeness (QED) is 0.600. The zero-order valence-corrected chi connectivity index (χ0v) is 19.7. The third-order valence-electron chi connectivity index (χ3n) is 7.62. The molecule has 0 aromatic heterocycles. The second kappa shape index (κ2) is 8.80. The number of phenols is 1. The zero-order chi connectivity index (χ0) is 24.1. The zero-order valence-electron chi connectivity index (χ0n) is 19.7. The van der Waals surface area contributed by atoms with E-state index < -0.39 is 5.92 Å². The number of fused-ring (bicyclic) bond motifs is 3. The number of aromatic hydroxyl groups is 1. The first-order chi connectivity index (χ1) is 17.1. The molecule has 1 aliphatic carbocycles. The number of ether oxygens (including phenoxy) is 6. The van der Waals surface area contributed by atoms with E-state index in [1.54, 1.807) is 12.1 Å². The first kappa shape index (κ1) is 22.3. The van der Waals surface area contributed by atoms with Crippen molar-refractivity contribution >= 4 is 5.97 Å². The second-order valence-electron chi connectivity index (χ2n) is 9.45. The van der Waals surface area contributed by atoms with Gasteiger partial charge in [0.1, 0.15) is 0 Å². The van der Waals surface area contributed by atoms with Gasteiger partial charge in [-0.2, -0.15) is 0 Å². The smallest absolute Gasteiger partial charge is 0.310 e. The Bertz CT molecular complexity index is 1120. The lowest BCUT2D eigenvalue weighted by molar-refractivity contribution is -0.141. The number of phenolic OH excluding ortho intramolecular Hbond substituents is 1. The molecule has 186 valence electrons. The van der Waals surface area contributed by atoms with E-state index >= 15 is 0 Å².